The maximum Gasteiger partial charge on any atom is 0.227 e. The number of rotatable bonds is 5. The summed E-state index contributed by atoms with van der Waals surface area (Å²) < 4.78 is 5.25. The number of carbonyl (C=O) groups is 1. The molecule has 3 N–H and O–H groups in total. The van der Waals surface area contributed by atoms with Gasteiger partial charge in [-0.2, -0.15) is 0 Å². The Labute approximate surface area is 132 Å². The Kier molecular flexibility index (Phi) is 7.50. The lowest BCUT2D eigenvalue weighted by Gasteiger charge is -2.30. The SMILES string of the molecule is COc1ccccc1NC(=O)C1CCN(CCN)CC1.Cl. The van der Waals surface area contributed by atoms with Gasteiger partial charge in [0.2, 0.25) is 5.91 Å². The zero-order chi connectivity index (χ0) is 14.4. The van der Waals surface area contributed by atoms with Gasteiger partial charge < -0.3 is 20.7 Å². The second-order valence-corrected chi connectivity index (χ2v) is 5.09. The van der Waals surface area contributed by atoms with E-state index in [1.807, 2.05) is 24.3 Å². The highest BCUT2D eigenvalue weighted by Gasteiger charge is 2.25. The third kappa shape index (κ3) is 4.88. The molecule has 118 valence electrons. The number of para-hydroxylation sites is 2. The van der Waals surface area contributed by atoms with Crippen molar-refractivity contribution in [2.24, 2.45) is 11.7 Å². The van der Waals surface area contributed by atoms with Gasteiger partial charge in [0.1, 0.15) is 5.75 Å². The lowest BCUT2D eigenvalue weighted by Crippen LogP contribution is -2.40. The highest BCUT2D eigenvalue weighted by atomic mass is 35.5. The van der Waals surface area contributed by atoms with E-state index in [0.717, 1.165) is 38.2 Å². The molecule has 1 aliphatic heterocycles. The number of piperidine rings is 1. The van der Waals surface area contributed by atoms with Crippen molar-refractivity contribution in [3.05, 3.63) is 24.3 Å². The summed E-state index contributed by atoms with van der Waals surface area (Å²) in [6, 6.07) is 7.49. The van der Waals surface area contributed by atoms with Crippen LogP contribution in [0.2, 0.25) is 0 Å². The Balaban J connectivity index is 0.00000220. The Morgan fingerprint density at radius 3 is 2.67 bits per heavy atom. The maximum atomic E-state index is 12.3. The summed E-state index contributed by atoms with van der Waals surface area (Å²) in [5.74, 6) is 0.859. The molecule has 0 radical (unpaired) electrons. The van der Waals surface area contributed by atoms with Gasteiger partial charge in [-0.25, -0.2) is 0 Å². The molecule has 1 saturated heterocycles. The minimum Gasteiger partial charge on any atom is -0.495 e. The molecule has 6 heteroatoms. The van der Waals surface area contributed by atoms with Crippen LogP contribution in [0.3, 0.4) is 0 Å². The van der Waals surface area contributed by atoms with E-state index in [4.69, 9.17) is 10.5 Å². The van der Waals surface area contributed by atoms with Crippen LogP contribution in [0.15, 0.2) is 24.3 Å². The van der Waals surface area contributed by atoms with Crippen LogP contribution in [0, 0.1) is 5.92 Å². The quantitative estimate of drug-likeness (QED) is 0.868. The third-order valence-corrected chi connectivity index (χ3v) is 3.77. The van der Waals surface area contributed by atoms with Crippen LogP contribution >= 0.6 is 12.4 Å². The zero-order valence-electron chi connectivity index (χ0n) is 12.4. The van der Waals surface area contributed by atoms with Crippen molar-refractivity contribution in [3.8, 4) is 5.75 Å². The fraction of sp³-hybridized carbons (Fsp3) is 0.533. The normalized spacial score (nSPS) is 16.1. The van der Waals surface area contributed by atoms with E-state index in [1.54, 1.807) is 7.11 Å². The first-order valence-electron chi connectivity index (χ1n) is 7.11. The van der Waals surface area contributed by atoms with E-state index in [-0.39, 0.29) is 24.2 Å². The molecule has 0 bridgehead atoms. The highest BCUT2D eigenvalue weighted by molar-refractivity contribution is 5.94. The smallest absolute Gasteiger partial charge is 0.227 e. The summed E-state index contributed by atoms with van der Waals surface area (Å²) >= 11 is 0. The maximum absolute atomic E-state index is 12.3. The van der Waals surface area contributed by atoms with Gasteiger partial charge in [-0.1, -0.05) is 12.1 Å². The van der Waals surface area contributed by atoms with E-state index in [9.17, 15) is 4.79 Å². The summed E-state index contributed by atoms with van der Waals surface area (Å²) in [6.07, 6.45) is 1.78. The van der Waals surface area contributed by atoms with Gasteiger partial charge in [0, 0.05) is 19.0 Å². The van der Waals surface area contributed by atoms with Crippen LogP contribution in [0.25, 0.3) is 0 Å². The number of halogens is 1. The Morgan fingerprint density at radius 2 is 2.05 bits per heavy atom. The number of likely N-dealkylation sites (tertiary alicyclic amines) is 1. The van der Waals surface area contributed by atoms with E-state index in [0.29, 0.717) is 12.3 Å². The molecule has 1 aliphatic rings. The molecule has 1 heterocycles. The number of hydrogen-bond donors (Lipinski definition) is 2. The molecule has 1 aromatic rings. The van der Waals surface area contributed by atoms with Gasteiger partial charge in [-0.15, -0.1) is 12.4 Å². The minimum absolute atomic E-state index is 0. The van der Waals surface area contributed by atoms with Crippen LogP contribution < -0.4 is 15.8 Å². The van der Waals surface area contributed by atoms with E-state index < -0.39 is 0 Å². The first kappa shape index (κ1) is 17.8. The molecule has 0 aromatic heterocycles. The summed E-state index contributed by atoms with van der Waals surface area (Å²) in [5, 5.41) is 2.97. The van der Waals surface area contributed by atoms with E-state index in [2.05, 4.69) is 10.2 Å². The molecule has 1 aromatic carbocycles. The van der Waals surface area contributed by atoms with Gasteiger partial charge in [0.05, 0.1) is 12.8 Å². The van der Waals surface area contributed by atoms with Gasteiger partial charge in [-0.05, 0) is 38.1 Å². The number of nitrogens with two attached hydrogens (primary N) is 1. The van der Waals surface area contributed by atoms with Crippen LogP contribution in [-0.4, -0.2) is 44.1 Å². The average molecular weight is 314 g/mol. The molecular weight excluding hydrogens is 290 g/mol. The van der Waals surface area contributed by atoms with Crippen molar-refractivity contribution >= 4 is 24.0 Å². The van der Waals surface area contributed by atoms with E-state index >= 15 is 0 Å². The van der Waals surface area contributed by atoms with Crippen molar-refractivity contribution in [1.82, 2.24) is 4.90 Å². The molecule has 1 amide bonds. The molecule has 1 fully saturated rings. The molecule has 0 spiro atoms. The van der Waals surface area contributed by atoms with Crippen molar-refractivity contribution in [1.29, 1.82) is 0 Å². The molecule has 0 saturated carbocycles. The summed E-state index contributed by atoms with van der Waals surface area (Å²) in [7, 11) is 1.61. The van der Waals surface area contributed by atoms with E-state index in [1.165, 1.54) is 0 Å². The first-order valence-corrected chi connectivity index (χ1v) is 7.11. The molecular formula is C15H24ClN3O2. The topological polar surface area (TPSA) is 67.6 Å². The van der Waals surface area contributed by atoms with Crippen molar-refractivity contribution in [2.45, 2.75) is 12.8 Å². The zero-order valence-corrected chi connectivity index (χ0v) is 13.2. The minimum atomic E-state index is 0. The molecule has 0 aliphatic carbocycles. The fourth-order valence-electron chi connectivity index (χ4n) is 2.58. The monoisotopic (exact) mass is 313 g/mol. The van der Waals surface area contributed by atoms with Crippen molar-refractivity contribution < 1.29 is 9.53 Å². The average Bonchev–Trinajstić information content (AvgIpc) is 2.49. The highest BCUT2D eigenvalue weighted by Crippen LogP contribution is 2.25. The second-order valence-electron chi connectivity index (χ2n) is 5.09. The Bertz CT molecular complexity index is 448. The lowest BCUT2D eigenvalue weighted by molar-refractivity contribution is -0.121. The molecule has 0 unspecified atom stereocenters. The number of nitrogens with zero attached hydrogens (tertiary/aromatic N) is 1. The number of hydrogen-bond acceptors (Lipinski definition) is 4. The van der Waals surface area contributed by atoms with Crippen LogP contribution in [0.5, 0.6) is 5.75 Å². The lowest BCUT2D eigenvalue weighted by atomic mass is 9.96. The van der Waals surface area contributed by atoms with Crippen LogP contribution in [0.4, 0.5) is 5.69 Å². The number of benzene rings is 1. The number of amides is 1. The number of methoxy groups -OCH3 is 1. The fourth-order valence-corrected chi connectivity index (χ4v) is 2.58. The van der Waals surface area contributed by atoms with Crippen molar-refractivity contribution in [3.63, 3.8) is 0 Å². The molecule has 5 nitrogen and oxygen atoms in total. The van der Waals surface area contributed by atoms with Crippen LogP contribution in [-0.2, 0) is 4.79 Å². The van der Waals surface area contributed by atoms with Crippen molar-refractivity contribution in [2.75, 3.05) is 38.6 Å². The Morgan fingerprint density at radius 1 is 1.38 bits per heavy atom. The summed E-state index contributed by atoms with van der Waals surface area (Å²) in [6.45, 7) is 3.49. The number of anilines is 1. The third-order valence-electron chi connectivity index (χ3n) is 3.77. The molecule has 2 rings (SSSR count). The summed E-state index contributed by atoms with van der Waals surface area (Å²) in [5.41, 5.74) is 6.29. The van der Waals surface area contributed by atoms with Gasteiger partial charge in [0.15, 0.2) is 0 Å². The molecule has 0 atom stereocenters. The van der Waals surface area contributed by atoms with Gasteiger partial charge in [0.25, 0.3) is 0 Å². The second kappa shape index (κ2) is 8.87. The number of ether oxygens (including phenoxy) is 1. The Hall–Kier alpha value is -1.30. The predicted octanol–water partition coefficient (Wildman–Crippen LogP) is 1.73. The van der Waals surface area contributed by atoms with Gasteiger partial charge >= 0.3 is 0 Å². The number of nitrogens with one attached hydrogen (secondary N) is 1. The summed E-state index contributed by atoms with van der Waals surface area (Å²) in [4.78, 5) is 14.6. The standard InChI is InChI=1S/C15H23N3O2.ClH/c1-20-14-5-3-2-4-13(14)17-15(19)12-6-9-18(10-7-12)11-8-16;/h2-5,12H,6-11,16H2,1H3,(H,17,19);1H. The number of carbonyl (C=O) groups excluding carboxylic acids is 1. The predicted molar refractivity (Wildman–Crippen MR) is 87.1 cm³/mol. The van der Waals surface area contributed by atoms with Gasteiger partial charge in [-0.3, -0.25) is 4.79 Å². The largest absolute Gasteiger partial charge is 0.495 e. The van der Waals surface area contributed by atoms with Crippen LogP contribution in [0.1, 0.15) is 12.8 Å². The molecule has 21 heavy (non-hydrogen) atoms. The first-order chi connectivity index (χ1) is 9.74.